The van der Waals surface area contributed by atoms with Gasteiger partial charge in [0.15, 0.2) is 0 Å². The Morgan fingerprint density at radius 3 is 2.55 bits per heavy atom. The van der Waals surface area contributed by atoms with Crippen LogP contribution in [0.5, 0.6) is 0 Å². The highest BCUT2D eigenvalue weighted by Crippen LogP contribution is 2.39. The first-order valence-electron chi connectivity index (χ1n) is 3.74. The topological polar surface area (TPSA) is 59.2 Å². The molecule has 1 aromatic rings. The molecule has 2 rings (SSSR count). The second-order valence-corrected chi connectivity index (χ2v) is 3.01. The van der Waals surface area contributed by atoms with Gasteiger partial charge in [0, 0.05) is 6.92 Å². The van der Waals surface area contributed by atoms with Crippen LogP contribution in [0.4, 0.5) is 0 Å². The zero-order valence-electron chi connectivity index (χ0n) is 6.37. The first-order chi connectivity index (χ1) is 5.21. The van der Waals surface area contributed by atoms with Crippen LogP contribution < -0.4 is 0 Å². The summed E-state index contributed by atoms with van der Waals surface area (Å²) in [5.41, 5.74) is -0.804. The minimum atomic E-state index is -0.804. The van der Waals surface area contributed by atoms with E-state index in [1.165, 1.54) is 0 Å². The van der Waals surface area contributed by atoms with Crippen molar-refractivity contribution in [2.45, 2.75) is 31.8 Å². The monoisotopic (exact) mass is 154 g/mol. The number of hydrogen-bond acceptors (Lipinski definition) is 4. The van der Waals surface area contributed by atoms with Crippen molar-refractivity contribution in [3.8, 4) is 0 Å². The molecule has 1 heterocycles. The van der Waals surface area contributed by atoms with Crippen LogP contribution in [0, 0.1) is 6.92 Å². The van der Waals surface area contributed by atoms with Crippen molar-refractivity contribution in [3.05, 3.63) is 11.8 Å². The number of aliphatic hydroxyl groups is 1. The molecule has 0 amide bonds. The van der Waals surface area contributed by atoms with E-state index in [1.807, 2.05) is 0 Å². The number of aromatic nitrogens is 2. The van der Waals surface area contributed by atoms with Crippen molar-refractivity contribution in [1.29, 1.82) is 0 Å². The molecule has 4 nitrogen and oxygen atoms in total. The molecule has 0 bridgehead atoms. The van der Waals surface area contributed by atoms with Gasteiger partial charge >= 0.3 is 0 Å². The molecule has 4 heteroatoms. The maximum absolute atomic E-state index is 9.70. The summed E-state index contributed by atoms with van der Waals surface area (Å²) >= 11 is 0. The van der Waals surface area contributed by atoms with Gasteiger partial charge in [0.2, 0.25) is 11.8 Å². The first kappa shape index (κ1) is 6.79. The normalized spacial score (nSPS) is 21.3. The third-order valence-electron chi connectivity index (χ3n) is 2.10. The van der Waals surface area contributed by atoms with E-state index in [0.717, 1.165) is 19.3 Å². The van der Waals surface area contributed by atoms with Gasteiger partial charge in [-0.1, -0.05) is 0 Å². The van der Waals surface area contributed by atoms with Crippen molar-refractivity contribution in [3.63, 3.8) is 0 Å². The highest BCUT2D eigenvalue weighted by atomic mass is 16.4. The second kappa shape index (κ2) is 2.04. The van der Waals surface area contributed by atoms with E-state index >= 15 is 0 Å². The summed E-state index contributed by atoms with van der Waals surface area (Å²) in [6, 6.07) is 0. The fourth-order valence-corrected chi connectivity index (χ4v) is 1.21. The van der Waals surface area contributed by atoms with Crippen LogP contribution >= 0.6 is 0 Å². The Labute approximate surface area is 64.2 Å². The standard InChI is InChI=1S/C7H10N2O2/c1-5-8-9-6(11-5)7(10)3-2-4-7/h10H,2-4H2,1H3. The maximum Gasteiger partial charge on any atom is 0.247 e. The SMILES string of the molecule is Cc1nnc(C2(O)CCC2)o1. The molecular formula is C7H10N2O2. The molecule has 0 radical (unpaired) electrons. The number of hydrogen-bond donors (Lipinski definition) is 1. The Hall–Kier alpha value is -0.900. The summed E-state index contributed by atoms with van der Waals surface area (Å²) in [6.45, 7) is 1.72. The molecule has 0 spiro atoms. The zero-order valence-corrected chi connectivity index (χ0v) is 6.37. The summed E-state index contributed by atoms with van der Waals surface area (Å²) < 4.78 is 5.12. The van der Waals surface area contributed by atoms with Gasteiger partial charge in [-0.05, 0) is 19.3 Å². The Morgan fingerprint density at radius 2 is 2.18 bits per heavy atom. The van der Waals surface area contributed by atoms with Gasteiger partial charge in [0.25, 0.3) is 0 Å². The second-order valence-electron chi connectivity index (χ2n) is 3.01. The predicted molar refractivity (Wildman–Crippen MR) is 36.8 cm³/mol. The summed E-state index contributed by atoms with van der Waals surface area (Å²) in [6.07, 6.45) is 2.53. The molecule has 0 atom stereocenters. The molecule has 1 aromatic heterocycles. The Kier molecular flexibility index (Phi) is 1.26. The van der Waals surface area contributed by atoms with Crippen LogP contribution in [0.15, 0.2) is 4.42 Å². The molecular weight excluding hydrogens is 144 g/mol. The van der Waals surface area contributed by atoms with Gasteiger partial charge in [0.05, 0.1) is 0 Å². The van der Waals surface area contributed by atoms with Gasteiger partial charge in [-0.25, -0.2) is 0 Å². The summed E-state index contributed by atoms with van der Waals surface area (Å²) in [4.78, 5) is 0. The van der Waals surface area contributed by atoms with Crippen LogP contribution in [0.1, 0.15) is 31.0 Å². The Bertz CT molecular complexity index is 265. The van der Waals surface area contributed by atoms with E-state index in [0.29, 0.717) is 11.8 Å². The average molecular weight is 154 g/mol. The van der Waals surface area contributed by atoms with Gasteiger partial charge in [0.1, 0.15) is 5.60 Å². The fraction of sp³-hybridized carbons (Fsp3) is 0.714. The van der Waals surface area contributed by atoms with Crippen molar-refractivity contribution in [2.24, 2.45) is 0 Å². The van der Waals surface area contributed by atoms with Crippen molar-refractivity contribution < 1.29 is 9.52 Å². The van der Waals surface area contributed by atoms with E-state index in [-0.39, 0.29) is 0 Å². The lowest BCUT2D eigenvalue weighted by atomic mass is 9.80. The zero-order chi connectivity index (χ0) is 7.90. The summed E-state index contributed by atoms with van der Waals surface area (Å²) in [7, 11) is 0. The smallest absolute Gasteiger partial charge is 0.247 e. The lowest BCUT2D eigenvalue weighted by molar-refractivity contribution is -0.0616. The minimum Gasteiger partial charge on any atom is -0.422 e. The first-order valence-corrected chi connectivity index (χ1v) is 3.74. The van der Waals surface area contributed by atoms with Crippen LogP contribution in [-0.2, 0) is 5.60 Å². The Balaban J connectivity index is 2.28. The minimum absolute atomic E-state index is 0.376. The highest BCUT2D eigenvalue weighted by Gasteiger charge is 2.41. The lowest BCUT2D eigenvalue weighted by Crippen LogP contribution is -2.33. The number of rotatable bonds is 1. The van der Waals surface area contributed by atoms with E-state index in [4.69, 9.17) is 4.42 Å². The molecule has 1 N–H and O–H groups in total. The molecule has 0 saturated heterocycles. The number of aryl methyl sites for hydroxylation is 1. The molecule has 1 aliphatic rings. The maximum atomic E-state index is 9.70. The van der Waals surface area contributed by atoms with Crippen LogP contribution in [0.25, 0.3) is 0 Å². The average Bonchev–Trinajstić information content (AvgIpc) is 2.31. The van der Waals surface area contributed by atoms with Gasteiger partial charge in [-0.2, -0.15) is 0 Å². The number of nitrogens with zero attached hydrogens (tertiary/aromatic N) is 2. The van der Waals surface area contributed by atoms with Gasteiger partial charge < -0.3 is 9.52 Å². The molecule has 0 aliphatic heterocycles. The van der Waals surface area contributed by atoms with Gasteiger partial charge in [-0.3, -0.25) is 0 Å². The van der Waals surface area contributed by atoms with Crippen LogP contribution in [0.3, 0.4) is 0 Å². The van der Waals surface area contributed by atoms with E-state index in [2.05, 4.69) is 10.2 Å². The van der Waals surface area contributed by atoms with E-state index < -0.39 is 5.60 Å². The van der Waals surface area contributed by atoms with Crippen molar-refractivity contribution in [1.82, 2.24) is 10.2 Å². The molecule has 1 saturated carbocycles. The summed E-state index contributed by atoms with van der Waals surface area (Å²) in [5, 5.41) is 17.1. The van der Waals surface area contributed by atoms with Crippen LogP contribution in [-0.4, -0.2) is 15.3 Å². The molecule has 1 fully saturated rings. The van der Waals surface area contributed by atoms with Crippen molar-refractivity contribution in [2.75, 3.05) is 0 Å². The van der Waals surface area contributed by atoms with Crippen LogP contribution in [0.2, 0.25) is 0 Å². The lowest BCUT2D eigenvalue weighted by Gasteiger charge is -2.32. The summed E-state index contributed by atoms with van der Waals surface area (Å²) in [5.74, 6) is 0.890. The predicted octanol–water partition coefficient (Wildman–Crippen LogP) is 0.750. The largest absolute Gasteiger partial charge is 0.422 e. The van der Waals surface area contributed by atoms with Gasteiger partial charge in [-0.15, -0.1) is 10.2 Å². The fourth-order valence-electron chi connectivity index (χ4n) is 1.21. The Morgan fingerprint density at radius 1 is 1.45 bits per heavy atom. The molecule has 1 aliphatic carbocycles. The molecule has 0 aromatic carbocycles. The quantitative estimate of drug-likeness (QED) is 0.648. The van der Waals surface area contributed by atoms with E-state index in [9.17, 15) is 5.11 Å². The molecule has 0 unspecified atom stereocenters. The third-order valence-corrected chi connectivity index (χ3v) is 2.10. The van der Waals surface area contributed by atoms with Crippen molar-refractivity contribution >= 4 is 0 Å². The molecule has 60 valence electrons. The molecule has 11 heavy (non-hydrogen) atoms. The van der Waals surface area contributed by atoms with E-state index in [1.54, 1.807) is 6.92 Å². The highest BCUT2D eigenvalue weighted by molar-refractivity contribution is 5.01. The third kappa shape index (κ3) is 0.939.